The summed E-state index contributed by atoms with van der Waals surface area (Å²) in [6, 6.07) is 15.7. The summed E-state index contributed by atoms with van der Waals surface area (Å²) in [6.45, 7) is 3.86. The molecule has 0 saturated carbocycles. The number of tetrazole rings is 1. The van der Waals surface area contributed by atoms with E-state index in [1.54, 1.807) is 12.1 Å². The van der Waals surface area contributed by atoms with E-state index in [0.717, 1.165) is 17.7 Å². The molecule has 0 aliphatic carbocycles. The highest BCUT2D eigenvalue weighted by atomic mass is 16.1. The Morgan fingerprint density at radius 2 is 1.76 bits per heavy atom. The number of nitrogens with zero attached hydrogens (tertiary/aromatic N) is 4. The quantitative estimate of drug-likeness (QED) is 0.675. The maximum atomic E-state index is 12.5. The molecule has 29 heavy (non-hydrogen) atoms. The van der Waals surface area contributed by atoms with E-state index in [-0.39, 0.29) is 5.91 Å². The average molecular weight is 390 g/mol. The van der Waals surface area contributed by atoms with Crippen molar-refractivity contribution in [3.63, 3.8) is 0 Å². The standard InChI is InChI=1S/C22H26N6O/c29-22(20-10-8-19(9-11-20)21-24-26-27-25-21)23-15-17-6-5-7-18(14-17)16-28-12-3-1-2-4-13-28/h5-11,14H,1-4,12-13,15-16H2,(H,23,29)(H,24,25,26,27). The topological polar surface area (TPSA) is 86.8 Å². The van der Waals surface area contributed by atoms with Crippen LogP contribution in [0.3, 0.4) is 0 Å². The summed E-state index contributed by atoms with van der Waals surface area (Å²) in [5, 5.41) is 16.9. The smallest absolute Gasteiger partial charge is 0.251 e. The zero-order valence-electron chi connectivity index (χ0n) is 16.5. The van der Waals surface area contributed by atoms with Crippen LogP contribution in [0.5, 0.6) is 0 Å². The van der Waals surface area contributed by atoms with Crippen molar-refractivity contribution in [1.82, 2.24) is 30.8 Å². The Balaban J connectivity index is 1.33. The van der Waals surface area contributed by atoms with Crippen LogP contribution in [0.15, 0.2) is 48.5 Å². The fourth-order valence-corrected chi connectivity index (χ4v) is 3.73. The van der Waals surface area contributed by atoms with Gasteiger partial charge in [0.1, 0.15) is 0 Å². The van der Waals surface area contributed by atoms with Crippen LogP contribution in [0.1, 0.15) is 47.2 Å². The fourth-order valence-electron chi connectivity index (χ4n) is 3.73. The van der Waals surface area contributed by atoms with Crippen LogP contribution in [0.2, 0.25) is 0 Å². The van der Waals surface area contributed by atoms with Gasteiger partial charge in [-0.2, -0.15) is 5.21 Å². The number of H-pyrrole nitrogens is 1. The van der Waals surface area contributed by atoms with Gasteiger partial charge in [-0.05, 0) is 54.4 Å². The van der Waals surface area contributed by atoms with E-state index in [0.29, 0.717) is 17.9 Å². The van der Waals surface area contributed by atoms with Crippen LogP contribution >= 0.6 is 0 Å². The Morgan fingerprint density at radius 1 is 1.00 bits per heavy atom. The van der Waals surface area contributed by atoms with Gasteiger partial charge >= 0.3 is 0 Å². The maximum absolute atomic E-state index is 12.5. The van der Waals surface area contributed by atoms with E-state index in [1.165, 1.54) is 44.3 Å². The summed E-state index contributed by atoms with van der Waals surface area (Å²) in [6.07, 6.45) is 5.28. The first-order valence-electron chi connectivity index (χ1n) is 10.2. The van der Waals surface area contributed by atoms with Crippen molar-refractivity contribution in [3.8, 4) is 11.4 Å². The third kappa shape index (κ3) is 5.26. The predicted molar refractivity (Wildman–Crippen MR) is 111 cm³/mol. The molecule has 0 atom stereocenters. The van der Waals surface area contributed by atoms with Crippen LogP contribution in [-0.2, 0) is 13.1 Å². The number of rotatable bonds is 6. The monoisotopic (exact) mass is 390 g/mol. The molecular formula is C22H26N6O. The first kappa shape index (κ1) is 19.3. The van der Waals surface area contributed by atoms with Crippen LogP contribution in [0.4, 0.5) is 0 Å². The van der Waals surface area contributed by atoms with Crippen LogP contribution in [0, 0.1) is 0 Å². The fraction of sp³-hybridized carbons (Fsp3) is 0.364. The Kier molecular flexibility index (Phi) is 6.26. The highest BCUT2D eigenvalue weighted by Gasteiger charge is 2.11. The Labute approximate surface area is 170 Å². The number of hydrogen-bond donors (Lipinski definition) is 2. The highest BCUT2D eigenvalue weighted by molar-refractivity contribution is 5.94. The average Bonchev–Trinajstić information content (AvgIpc) is 3.18. The third-order valence-electron chi connectivity index (χ3n) is 5.30. The normalized spacial score (nSPS) is 15.0. The number of aromatic nitrogens is 4. The number of amides is 1. The second kappa shape index (κ2) is 9.43. The van der Waals surface area contributed by atoms with Gasteiger partial charge in [-0.25, -0.2) is 0 Å². The van der Waals surface area contributed by atoms with Gasteiger partial charge in [0.2, 0.25) is 5.82 Å². The van der Waals surface area contributed by atoms with Gasteiger partial charge in [0.25, 0.3) is 5.91 Å². The van der Waals surface area contributed by atoms with Crippen molar-refractivity contribution in [2.75, 3.05) is 13.1 Å². The number of carbonyl (C=O) groups excluding carboxylic acids is 1. The Morgan fingerprint density at radius 3 is 2.48 bits per heavy atom. The van der Waals surface area contributed by atoms with Gasteiger partial charge in [0, 0.05) is 24.2 Å². The lowest BCUT2D eigenvalue weighted by molar-refractivity contribution is 0.0951. The molecule has 2 aromatic carbocycles. The molecule has 3 aromatic rings. The molecule has 1 fully saturated rings. The lowest BCUT2D eigenvalue weighted by atomic mass is 10.1. The lowest BCUT2D eigenvalue weighted by Crippen LogP contribution is -2.24. The summed E-state index contributed by atoms with van der Waals surface area (Å²) in [5.41, 5.74) is 3.85. The lowest BCUT2D eigenvalue weighted by Gasteiger charge is -2.20. The second-order valence-electron chi connectivity index (χ2n) is 7.51. The molecule has 2 heterocycles. The van der Waals surface area contributed by atoms with Crippen molar-refractivity contribution in [3.05, 3.63) is 65.2 Å². The van der Waals surface area contributed by atoms with Gasteiger partial charge in [0.05, 0.1) is 0 Å². The van der Waals surface area contributed by atoms with Crippen molar-refractivity contribution in [2.24, 2.45) is 0 Å². The number of hydrogen-bond acceptors (Lipinski definition) is 5. The molecular weight excluding hydrogens is 364 g/mol. The molecule has 1 saturated heterocycles. The molecule has 1 amide bonds. The minimum atomic E-state index is -0.0948. The van der Waals surface area contributed by atoms with Crippen LogP contribution in [-0.4, -0.2) is 44.5 Å². The number of aromatic amines is 1. The molecule has 7 heteroatoms. The van der Waals surface area contributed by atoms with E-state index < -0.39 is 0 Å². The Bertz CT molecular complexity index is 915. The van der Waals surface area contributed by atoms with Gasteiger partial charge < -0.3 is 5.32 Å². The summed E-state index contributed by atoms with van der Waals surface area (Å²) in [7, 11) is 0. The molecule has 150 valence electrons. The molecule has 7 nitrogen and oxygen atoms in total. The zero-order valence-corrected chi connectivity index (χ0v) is 16.5. The summed E-state index contributed by atoms with van der Waals surface area (Å²) < 4.78 is 0. The van der Waals surface area contributed by atoms with Crippen molar-refractivity contribution in [1.29, 1.82) is 0 Å². The molecule has 0 radical (unpaired) electrons. The van der Waals surface area contributed by atoms with Crippen molar-refractivity contribution < 1.29 is 4.79 Å². The first-order valence-corrected chi connectivity index (χ1v) is 10.2. The van der Waals surface area contributed by atoms with Crippen LogP contribution in [0.25, 0.3) is 11.4 Å². The molecule has 4 rings (SSSR count). The minimum absolute atomic E-state index is 0.0948. The van der Waals surface area contributed by atoms with Crippen molar-refractivity contribution in [2.45, 2.75) is 38.8 Å². The number of carbonyl (C=O) groups is 1. The number of nitrogens with one attached hydrogen (secondary N) is 2. The van der Waals surface area contributed by atoms with Gasteiger partial charge in [0.15, 0.2) is 0 Å². The van der Waals surface area contributed by atoms with Gasteiger partial charge in [-0.1, -0.05) is 49.2 Å². The highest BCUT2D eigenvalue weighted by Crippen LogP contribution is 2.16. The van der Waals surface area contributed by atoms with E-state index in [2.05, 4.69) is 55.1 Å². The zero-order chi connectivity index (χ0) is 19.9. The van der Waals surface area contributed by atoms with Gasteiger partial charge in [-0.3, -0.25) is 9.69 Å². The van der Waals surface area contributed by atoms with E-state index >= 15 is 0 Å². The van der Waals surface area contributed by atoms with Crippen LogP contribution < -0.4 is 5.32 Å². The molecule has 2 N–H and O–H groups in total. The molecule has 1 aromatic heterocycles. The molecule has 0 unspecified atom stereocenters. The Hall–Kier alpha value is -3.06. The number of likely N-dealkylation sites (tertiary alicyclic amines) is 1. The summed E-state index contributed by atoms with van der Waals surface area (Å²) in [4.78, 5) is 15.0. The molecule has 1 aliphatic heterocycles. The summed E-state index contributed by atoms with van der Waals surface area (Å²) >= 11 is 0. The molecule has 0 bridgehead atoms. The third-order valence-corrected chi connectivity index (χ3v) is 5.30. The van der Waals surface area contributed by atoms with E-state index in [9.17, 15) is 4.79 Å². The molecule has 0 spiro atoms. The largest absolute Gasteiger partial charge is 0.348 e. The maximum Gasteiger partial charge on any atom is 0.251 e. The van der Waals surface area contributed by atoms with E-state index in [1.807, 2.05) is 12.1 Å². The first-order chi connectivity index (χ1) is 14.3. The minimum Gasteiger partial charge on any atom is -0.348 e. The van der Waals surface area contributed by atoms with Crippen molar-refractivity contribution >= 4 is 5.91 Å². The predicted octanol–water partition coefficient (Wildman–Crippen LogP) is 3.17. The SMILES string of the molecule is O=C(NCc1cccc(CN2CCCCCC2)c1)c1ccc(-c2nn[nH]n2)cc1. The molecule has 1 aliphatic rings. The summed E-state index contributed by atoms with van der Waals surface area (Å²) in [5.74, 6) is 0.417. The van der Waals surface area contributed by atoms with E-state index in [4.69, 9.17) is 0 Å². The van der Waals surface area contributed by atoms with Gasteiger partial charge in [-0.15, -0.1) is 10.2 Å². The second-order valence-corrected chi connectivity index (χ2v) is 7.51. The number of benzene rings is 2.